The highest BCUT2D eigenvalue weighted by Gasteiger charge is 2.29. The number of likely N-dealkylation sites (N-methyl/N-ethyl adjacent to an activating group) is 1. The van der Waals surface area contributed by atoms with E-state index in [4.69, 9.17) is 23.0 Å². The molecule has 0 aliphatic rings. The van der Waals surface area contributed by atoms with Crippen molar-refractivity contribution in [1.29, 1.82) is 0 Å². The fourth-order valence-corrected chi connectivity index (χ4v) is 6.88. The molecule has 0 aliphatic heterocycles. The molecule has 0 heterocycles. The van der Waals surface area contributed by atoms with Crippen LogP contribution >= 0.6 is 7.82 Å². The molecular formula is C41H83NO8P+. The van der Waals surface area contributed by atoms with Crippen molar-refractivity contribution in [2.45, 2.75) is 200 Å². The third-order valence-electron chi connectivity index (χ3n) is 9.35. The van der Waals surface area contributed by atoms with E-state index in [1.54, 1.807) is 0 Å². The first-order chi connectivity index (χ1) is 24.5. The lowest BCUT2D eigenvalue weighted by Gasteiger charge is -2.25. The van der Waals surface area contributed by atoms with Crippen LogP contribution < -0.4 is 0 Å². The minimum Gasteiger partial charge on any atom is -0.462 e. The summed E-state index contributed by atoms with van der Waals surface area (Å²) in [6.07, 6.45) is 31.8. The molecule has 0 spiro atoms. The lowest BCUT2D eigenvalue weighted by atomic mass is 10.0. The molecule has 10 heteroatoms. The van der Waals surface area contributed by atoms with E-state index in [-0.39, 0.29) is 38.2 Å². The summed E-state index contributed by atoms with van der Waals surface area (Å²) in [5.74, 6) is -0.706. The molecule has 0 aromatic carbocycles. The first kappa shape index (κ1) is 50.0. The number of unbranched alkanes of at least 4 members (excludes halogenated alkanes) is 24. The SMILES string of the molecule is CCCCCCCCCCCCCCCC(=O)OC[C@H](COP(=O)(OC)OCC[N+](C)(C)C)OC(=O)CCCCCCCCCCCCCCC. The Labute approximate surface area is 315 Å². The Morgan fingerprint density at radius 1 is 0.529 bits per heavy atom. The van der Waals surface area contributed by atoms with Crippen LogP contribution in [0.1, 0.15) is 194 Å². The monoisotopic (exact) mass is 749 g/mol. The zero-order valence-corrected chi connectivity index (χ0v) is 35.3. The molecule has 0 saturated carbocycles. The standard InChI is InChI=1S/C41H83NO8P/c1-7-9-11-13-15-17-19-21-23-25-27-29-31-33-40(43)47-37-39(38-49-51(45,46-6)48-36-35-42(3,4)5)50-41(44)34-32-30-28-26-24-22-20-18-16-14-12-10-8-2/h39H,7-38H2,1-6H3/q+1/t39-,51?/m1/s1. The minimum absolute atomic E-state index is 0.162. The summed E-state index contributed by atoms with van der Waals surface area (Å²) >= 11 is 0. The van der Waals surface area contributed by atoms with Crippen molar-refractivity contribution in [2.24, 2.45) is 0 Å². The summed E-state index contributed by atoms with van der Waals surface area (Å²) in [5, 5.41) is 0. The molecule has 0 aromatic heterocycles. The number of rotatable bonds is 39. The van der Waals surface area contributed by atoms with E-state index in [2.05, 4.69) is 13.8 Å². The van der Waals surface area contributed by atoms with Crippen LogP contribution in [-0.4, -0.2) is 77.1 Å². The van der Waals surface area contributed by atoms with Crippen molar-refractivity contribution >= 4 is 19.8 Å². The van der Waals surface area contributed by atoms with Gasteiger partial charge in [0.05, 0.1) is 27.7 Å². The van der Waals surface area contributed by atoms with Crippen LogP contribution in [0.15, 0.2) is 0 Å². The zero-order chi connectivity index (χ0) is 37.9. The molecule has 0 fully saturated rings. The molecule has 1 unspecified atom stereocenters. The largest absolute Gasteiger partial charge is 0.474 e. The number of hydrogen-bond acceptors (Lipinski definition) is 8. The number of quaternary nitrogens is 1. The van der Waals surface area contributed by atoms with Crippen molar-refractivity contribution < 1.29 is 41.7 Å². The molecule has 0 bridgehead atoms. The molecule has 0 radical (unpaired) electrons. The summed E-state index contributed by atoms with van der Waals surface area (Å²) in [6, 6.07) is 0. The van der Waals surface area contributed by atoms with Gasteiger partial charge in [-0.15, -0.1) is 0 Å². The molecule has 0 aromatic rings. The fraction of sp³-hybridized carbons (Fsp3) is 0.951. The van der Waals surface area contributed by atoms with E-state index in [1.807, 2.05) is 21.1 Å². The summed E-state index contributed by atoms with van der Waals surface area (Å²) in [6.45, 7) is 4.87. The fourth-order valence-electron chi connectivity index (χ4n) is 5.94. The van der Waals surface area contributed by atoms with Crippen LogP contribution in [0.3, 0.4) is 0 Å². The molecule has 0 N–H and O–H groups in total. The van der Waals surface area contributed by atoms with E-state index in [0.29, 0.717) is 17.4 Å². The van der Waals surface area contributed by atoms with Crippen LogP contribution in [0.25, 0.3) is 0 Å². The molecule has 51 heavy (non-hydrogen) atoms. The van der Waals surface area contributed by atoms with E-state index >= 15 is 0 Å². The van der Waals surface area contributed by atoms with E-state index in [1.165, 1.54) is 136 Å². The molecular weight excluding hydrogens is 665 g/mol. The van der Waals surface area contributed by atoms with Gasteiger partial charge in [0.1, 0.15) is 19.8 Å². The number of carbonyl (C=O) groups excluding carboxylic acids is 2. The van der Waals surface area contributed by atoms with Crippen LogP contribution in [0.2, 0.25) is 0 Å². The molecule has 0 amide bonds. The average Bonchev–Trinajstić information content (AvgIpc) is 3.09. The molecule has 304 valence electrons. The maximum Gasteiger partial charge on any atom is 0.474 e. The number of phosphoric ester groups is 1. The normalized spacial score (nSPS) is 13.6. The zero-order valence-electron chi connectivity index (χ0n) is 34.4. The maximum atomic E-state index is 13.0. The highest BCUT2D eigenvalue weighted by atomic mass is 31.2. The van der Waals surface area contributed by atoms with E-state index in [9.17, 15) is 14.2 Å². The predicted molar refractivity (Wildman–Crippen MR) is 211 cm³/mol. The van der Waals surface area contributed by atoms with Gasteiger partial charge in [0.15, 0.2) is 6.10 Å². The number of phosphoric acid groups is 1. The third-order valence-corrected chi connectivity index (χ3v) is 10.8. The van der Waals surface area contributed by atoms with E-state index < -0.39 is 13.9 Å². The molecule has 0 rings (SSSR count). The second kappa shape index (κ2) is 34.8. The van der Waals surface area contributed by atoms with Crippen molar-refractivity contribution in [2.75, 3.05) is 54.6 Å². The van der Waals surface area contributed by atoms with Crippen molar-refractivity contribution in [1.82, 2.24) is 0 Å². The Morgan fingerprint density at radius 3 is 1.27 bits per heavy atom. The van der Waals surface area contributed by atoms with Crippen LogP contribution in [0.4, 0.5) is 0 Å². The number of hydrogen-bond donors (Lipinski definition) is 0. The Bertz CT molecular complexity index is 850. The minimum atomic E-state index is -3.87. The van der Waals surface area contributed by atoms with Gasteiger partial charge < -0.3 is 14.0 Å². The van der Waals surface area contributed by atoms with E-state index in [0.717, 1.165) is 38.5 Å². The number of nitrogens with zero attached hydrogens (tertiary/aromatic N) is 1. The third kappa shape index (κ3) is 35.8. The molecule has 2 atom stereocenters. The van der Waals surface area contributed by atoms with Crippen LogP contribution in [-0.2, 0) is 37.2 Å². The topological polar surface area (TPSA) is 97.4 Å². The Balaban J connectivity index is 4.47. The highest BCUT2D eigenvalue weighted by molar-refractivity contribution is 7.48. The lowest BCUT2D eigenvalue weighted by Crippen LogP contribution is -2.37. The van der Waals surface area contributed by atoms with Gasteiger partial charge >= 0.3 is 19.8 Å². The highest BCUT2D eigenvalue weighted by Crippen LogP contribution is 2.48. The molecule has 0 aliphatic carbocycles. The average molecular weight is 749 g/mol. The summed E-state index contributed by atoms with van der Waals surface area (Å²) in [5.41, 5.74) is 0. The Kier molecular flexibility index (Phi) is 34.1. The second-order valence-corrected chi connectivity index (χ2v) is 17.3. The summed E-state index contributed by atoms with van der Waals surface area (Å²) < 4.78 is 40.9. The second-order valence-electron chi connectivity index (χ2n) is 15.6. The predicted octanol–water partition coefficient (Wildman–Crippen LogP) is 11.9. The van der Waals surface area contributed by atoms with Crippen LogP contribution in [0, 0.1) is 0 Å². The van der Waals surface area contributed by atoms with Crippen molar-refractivity contribution in [3.8, 4) is 0 Å². The number of carbonyl (C=O) groups is 2. The molecule has 9 nitrogen and oxygen atoms in total. The first-order valence-electron chi connectivity index (χ1n) is 21.2. The quantitative estimate of drug-likeness (QED) is 0.0265. The van der Waals surface area contributed by atoms with Gasteiger partial charge in [0, 0.05) is 20.0 Å². The Hall–Kier alpha value is -0.990. The van der Waals surface area contributed by atoms with Gasteiger partial charge in [-0.05, 0) is 12.8 Å². The lowest BCUT2D eigenvalue weighted by molar-refractivity contribution is -0.870. The smallest absolute Gasteiger partial charge is 0.462 e. The van der Waals surface area contributed by atoms with Crippen LogP contribution in [0.5, 0.6) is 0 Å². The molecule has 0 saturated heterocycles. The van der Waals surface area contributed by atoms with Gasteiger partial charge in [0.2, 0.25) is 0 Å². The Morgan fingerprint density at radius 2 is 0.902 bits per heavy atom. The maximum absolute atomic E-state index is 13.0. The van der Waals surface area contributed by atoms with Gasteiger partial charge in [-0.3, -0.25) is 23.2 Å². The summed E-state index contributed by atoms with van der Waals surface area (Å²) in [4.78, 5) is 25.3. The summed E-state index contributed by atoms with van der Waals surface area (Å²) in [7, 11) is 3.40. The number of esters is 2. The van der Waals surface area contributed by atoms with Gasteiger partial charge in [-0.25, -0.2) is 4.57 Å². The van der Waals surface area contributed by atoms with Crippen molar-refractivity contribution in [3.63, 3.8) is 0 Å². The first-order valence-corrected chi connectivity index (χ1v) is 22.6. The van der Waals surface area contributed by atoms with Gasteiger partial charge in [-0.1, -0.05) is 168 Å². The van der Waals surface area contributed by atoms with Crippen molar-refractivity contribution in [3.05, 3.63) is 0 Å². The van der Waals surface area contributed by atoms with Gasteiger partial charge in [-0.2, -0.15) is 0 Å². The van der Waals surface area contributed by atoms with Gasteiger partial charge in [0.25, 0.3) is 0 Å². The number of ether oxygens (including phenoxy) is 2.